The first kappa shape index (κ1) is 21.5. The number of hydrogen-bond donors (Lipinski definition) is 2. The van der Waals surface area contributed by atoms with Gasteiger partial charge in [-0.3, -0.25) is 14.6 Å². The van der Waals surface area contributed by atoms with Gasteiger partial charge in [0.05, 0.1) is 5.52 Å². The number of carbonyl (C=O) groups excluding carboxylic acids is 2. The number of carbonyl (C=O) groups is 2. The number of fused-ring (bicyclic) bond motifs is 1. The van der Waals surface area contributed by atoms with Crippen molar-refractivity contribution in [2.75, 3.05) is 10.6 Å². The Morgan fingerprint density at radius 2 is 1.79 bits per heavy atom. The number of hydrogen-bond acceptors (Lipinski definition) is 5. The predicted molar refractivity (Wildman–Crippen MR) is 127 cm³/mol. The highest BCUT2D eigenvalue weighted by molar-refractivity contribution is 6.05. The number of ether oxygens (including phenoxy) is 1. The first-order valence-corrected chi connectivity index (χ1v) is 10.3. The van der Waals surface area contributed by atoms with E-state index in [0.29, 0.717) is 35.0 Å². The van der Waals surface area contributed by atoms with Gasteiger partial charge < -0.3 is 15.4 Å². The minimum Gasteiger partial charge on any atom is -0.457 e. The number of rotatable bonds is 5. The molecule has 0 saturated heterocycles. The Morgan fingerprint density at radius 3 is 2.55 bits per heavy atom. The van der Waals surface area contributed by atoms with Crippen LogP contribution in [-0.4, -0.2) is 21.8 Å². The molecule has 33 heavy (non-hydrogen) atoms. The van der Waals surface area contributed by atoms with Gasteiger partial charge in [-0.1, -0.05) is 18.9 Å². The summed E-state index contributed by atoms with van der Waals surface area (Å²) in [6.07, 6.45) is 3.87. The summed E-state index contributed by atoms with van der Waals surface area (Å²) >= 11 is 0. The highest BCUT2D eigenvalue weighted by Gasteiger charge is 2.10. The number of nitrogens with zero attached hydrogens (tertiary/aromatic N) is 2. The Bertz CT molecular complexity index is 1360. The molecule has 0 aliphatic rings. The lowest BCUT2D eigenvalue weighted by Gasteiger charge is -2.11. The molecule has 162 valence electrons. The number of aromatic nitrogens is 2. The van der Waals surface area contributed by atoms with E-state index in [1.54, 1.807) is 79.1 Å². The van der Waals surface area contributed by atoms with Crippen LogP contribution in [0.1, 0.15) is 23.7 Å². The van der Waals surface area contributed by atoms with Crippen LogP contribution >= 0.6 is 0 Å². The van der Waals surface area contributed by atoms with Crippen molar-refractivity contribution in [2.24, 2.45) is 0 Å². The van der Waals surface area contributed by atoms with E-state index < -0.39 is 0 Å². The largest absolute Gasteiger partial charge is 0.457 e. The summed E-state index contributed by atoms with van der Waals surface area (Å²) in [7, 11) is 0. The van der Waals surface area contributed by atoms with Crippen LogP contribution in [0.2, 0.25) is 0 Å². The normalized spacial score (nSPS) is 10.1. The lowest BCUT2D eigenvalue weighted by atomic mass is 10.1. The minimum absolute atomic E-state index is 0.263. The third kappa shape index (κ3) is 5.51. The molecule has 4 aromatic rings. The molecule has 0 unspecified atom stereocenters. The Hall–Kier alpha value is -4.70. The molecule has 2 aromatic heterocycles. The van der Waals surface area contributed by atoms with E-state index in [-0.39, 0.29) is 11.8 Å². The van der Waals surface area contributed by atoms with Crippen molar-refractivity contribution in [1.82, 2.24) is 9.97 Å². The Labute approximate surface area is 190 Å². The smallest absolute Gasteiger partial charge is 0.300 e. The van der Waals surface area contributed by atoms with Crippen LogP contribution in [0.3, 0.4) is 0 Å². The second kappa shape index (κ2) is 10.1. The molecule has 2 aromatic carbocycles. The SMILES string of the molecule is CCC#CC(=O)Nc1ccc2nccc(Oc3ccc(C(=O)Nc4ccccn4)cc3)c2c1. The summed E-state index contributed by atoms with van der Waals surface area (Å²) in [5.74, 6) is 6.25. The van der Waals surface area contributed by atoms with Gasteiger partial charge in [-0.15, -0.1) is 0 Å². The second-order valence-corrected chi connectivity index (χ2v) is 6.95. The highest BCUT2D eigenvalue weighted by Crippen LogP contribution is 2.31. The summed E-state index contributed by atoms with van der Waals surface area (Å²) in [5.41, 5.74) is 1.79. The van der Waals surface area contributed by atoms with Crippen LogP contribution in [0, 0.1) is 11.8 Å². The van der Waals surface area contributed by atoms with Crippen molar-refractivity contribution in [1.29, 1.82) is 0 Å². The maximum Gasteiger partial charge on any atom is 0.300 e. The van der Waals surface area contributed by atoms with Gasteiger partial charge in [-0.05, 0) is 66.6 Å². The molecule has 7 nitrogen and oxygen atoms in total. The van der Waals surface area contributed by atoms with Crippen molar-refractivity contribution >= 4 is 34.2 Å². The topological polar surface area (TPSA) is 93.2 Å². The second-order valence-electron chi connectivity index (χ2n) is 6.95. The van der Waals surface area contributed by atoms with Gasteiger partial charge in [0.2, 0.25) is 0 Å². The number of amides is 2. The molecule has 0 radical (unpaired) electrons. The van der Waals surface area contributed by atoms with Crippen LogP contribution in [0.25, 0.3) is 10.9 Å². The van der Waals surface area contributed by atoms with E-state index in [4.69, 9.17) is 4.74 Å². The zero-order valence-corrected chi connectivity index (χ0v) is 17.8. The van der Waals surface area contributed by atoms with Crippen LogP contribution in [0.15, 0.2) is 79.1 Å². The standard InChI is InChI=1S/C26H20N4O3/c1-2-3-7-25(31)29-19-10-13-22-21(17-19)23(14-16-27-22)33-20-11-8-18(9-12-20)26(32)30-24-6-4-5-15-28-24/h4-6,8-17H,2H2,1H3,(H,29,31)(H,28,30,32). The lowest BCUT2D eigenvalue weighted by Crippen LogP contribution is -2.12. The molecule has 2 amide bonds. The van der Waals surface area contributed by atoms with Gasteiger partial charge >= 0.3 is 0 Å². The summed E-state index contributed by atoms with van der Waals surface area (Å²) in [4.78, 5) is 32.8. The number of anilines is 2. The number of pyridine rings is 2. The summed E-state index contributed by atoms with van der Waals surface area (Å²) in [6.45, 7) is 1.88. The molecule has 0 spiro atoms. The van der Waals surface area contributed by atoms with Crippen molar-refractivity contribution in [3.63, 3.8) is 0 Å². The Balaban J connectivity index is 1.51. The first-order chi connectivity index (χ1) is 16.1. The lowest BCUT2D eigenvalue weighted by molar-refractivity contribution is -0.111. The zero-order valence-electron chi connectivity index (χ0n) is 17.8. The molecule has 4 rings (SSSR count). The Kier molecular flexibility index (Phi) is 6.57. The van der Waals surface area contributed by atoms with E-state index in [1.807, 2.05) is 6.92 Å². The fourth-order valence-electron chi connectivity index (χ4n) is 3.05. The number of benzene rings is 2. The molecular formula is C26H20N4O3. The molecule has 2 heterocycles. The monoisotopic (exact) mass is 436 g/mol. The van der Waals surface area contributed by atoms with E-state index in [1.165, 1.54) is 0 Å². The molecule has 7 heteroatoms. The molecule has 0 aliphatic heterocycles. The van der Waals surface area contributed by atoms with Crippen molar-refractivity contribution in [2.45, 2.75) is 13.3 Å². The van der Waals surface area contributed by atoms with Gasteiger partial charge in [-0.2, -0.15) is 0 Å². The summed E-state index contributed by atoms with van der Waals surface area (Å²) in [5, 5.41) is 6.23. The van der Waals surface area contributed by atoms with Crippen LogP contribution < -0.4 is 15.4 Å². The minimum atomic E-state index is -0.373. The Morgan fingerprint density at radius 1 is 0.939 bits per heavy atom. The van der Waals surface area contributed by atoms with Crippen LogP contribution in [-0.2, 0) is 4.79 Å². The van der Waals surface area contributed by atoms with Gasteiger partial charge in [0.1, 0.15) is 17.3 Å². The quantitative estimate of drug-likeness (QED) is 0.428. The van der Waals surface area contributed by atoms with Crippen molar-refractivity contribution in [3.8, 4) is 23.3 Å². The van der Waals surface area contributed by atoms with E-state index in [0.717, 1.165) is 10.9 Å². The van der Waals surface area contributed by atoms with E-state index >= 15 is 0 Å². The highest BCUT2D eigenvalue weighted by atomic mass is 16.5. The third-order valence-electron chi connectivity index (χ3n) is 4.59. The number of nitrogens with one attached hydrogen (secondary N) is 2. The average Bonchev–Trinajstić information content (AvgIpc) is 2.84. The summed E-state index contributed by atoms with van der Waals surface area (Å²) in [6, 6.07) is 19.2. The van der Waals surface area contributed by atoms with Crippen molar-refractivity contribution < 1.29 is 14.3 Å². The third-order valence-corrected chi connectivity index (χ3v) is 4.59. The van der Waals surface area contributed by atoms with E-state index in [9.17, 15) is 9.59 Å². The van der Waals surface area contributed by atoms with Gasteiger partial charge in [0, 0.05) is 35.5 Å². The van der Waals surface area contributed by atoms with Gasteiger partial charge in [0.15, 0.2) is 0 Å². The van der Waals surface area contributed by atoms with Gasteiger partial charge in [-0.25, -0.2) is 4.98 Å². The molecular weight excluding hydrogens is 416 g/mol. The zero-order chi connectivity index (χ0) is 23.0. The molecule has 0 fully saturated rings. The van der Waals surface area contributed by atoms with Crippen molar-refractivity contribution in [3.05, 3.63) is 84.7 Å². The fourth-order valence-corrected chi connectivity index (χ4v) is 3.05. The average molecular weight is 436 g/mol. The maximum atomic E-state index is 12.4. The molecule has 0 saturated carbocycles. The molecule has 2 N–H and O–H groups in total. The first-order valence-electron chi connectivity index (χ1n) is 10.3. The van der Waals surface area contributed by atoms with Crippen LogP contribution in [0.4, 0.5) is 11.5 Å². The molecule has 0 bridgehead atoms. The predicted octanol–water partition coefficient (Wildman–Crippen LogP) is 5.03. The fraction of sp³-hybridized carbons (Fsp3) is 0.0769. The summed E-state index contributed by atoms with van der Waals surface area (Å²) < 4.78 is 6.04. The van der Waals surface area contributed by atoms with Crippen LogP contribution in [0.5, 0.6) is 11.5 Å². The van der Waals surface area contributed by atoms with E-state index in [2.05, 4.69) is 32.4 Å². The maximum absolute atomic E-state index is 12.4. The molecule has 0 atom stereocenters. The van der Waals surface area contributed by atoms with Gasteiger partial charge in [0.25, 0.3) is 11.8 Å². The molecule has 0 aliphatic carbocycles.